The normalized spacial score (nSPS) is 11.6. The van der Waals surface area contributed by atoms with Crippen LogP contribution < -0.4 is 22.1 Å². The molecule has 304 valence electrons. The van der Waals surface area contributed by atoms with Gasteiger partial charge in [0.05, 0.1) is 6.04 Å². The van der Waals surface area contributed by atoms with Crippen molar-refractivity contribution in [3.05, 3.63) is 0 Å². The van der Waals surface area contributed by atoms with Crippen molar-refractivity contribution < 1.29 is 14.4 Å². The molecule has 0 radical (unpaired) electrons. The Balaban J connectivity index is 0. The average molecular weight is 725 g/mol. The van der Waals surface area contributed by atoms with E-state index < -0.39 is 6.04 Å². The molecule has 0 fully saturated rings. The molecule has 0 aliphatic carbocycles. The lowest BCUT2D eigenvalue weighted by Gasteiger charge is -2.25. The van der Waals surface area contributed by atoms with E-state index in [1.54, 1.807) is 0 Å². The molecule has 0 bridgehead atoms. The highest BCUT2D eigenvalue weighted by atomic mass is 16.2. The first-order valence-corrected chi connectivity index (χ1v) is 21.3. The third-order valence-corrected chi connectivity index (χ3v) is 9.86. The highest BCUT2D eigenvalue weighted by Crippen LogP contribution is 2.14. The van der Waals surface area contributed by atoms with Crippen LogP contribution in [0.3, 0.4) is 0 Å². The first-order chi connectivity index (χ1) is 24.4. The minimum atomic E-state index is -0.509. The fourth-order valence-corrected chi connectivity index (χ4v) is 6.52. The van der Waals surface area contributed by atoms with Crippen LogP contribution in [0.25, 0.3) is 0 Å². The molecule has 9 nitrogen and oxygen atoms in total. The van der Waals surface area contributed by atoms with E-state index in [0.717, 1.165) is 77.4 Å². The number of hydrogen-bond donors (Lipinski definition) is 4. The smallest absolute Gasteiger partial charge is 0.236 e. The van der Waals surface area contributed by atoms with E-state index in [2.05, 4.69) is 29.4 Å². The number of carbonyl (C=O) groups is 3. The molecule has 0 aliphatic heterocycles. The van der Waals surface area contributed by atoms with E-state index >= 15 is 0 Å². The number of nitrogens with two attached hydrogens (primary N) is 2. The average Bonchev–Trinajstić information content (AvgIpc) is 3.11. The number of amides is 3. The molecule has 0 unspecified atom stereocenters. The number of unbranched alkanes of at least 4 members (excludes halogenated alkanes) is 18. The maximum absolute atomic E-state index is 13.3. The van der Waals surface area contributed by atoms with Gasteiger partial charge in [0.15, 0.2) is 0 Å². The van der Waals surface area contributed by atoms with Crippen LogP contribution in [0.4, 0.5) is 0 Å². The van der Waals surface area contributed by atoms with Crippen molar-refractivity contribution in [2.24, 2.45) is 11.5 Å². The Bertz CT molecular complexity index is 784. The molecular weight excluding hydrogens is 637 g/mol. The van der Waals surface area contributed by atoms with Gasteiger partial charge in [0, 0.05) is 45.6 Å². The van der Waals surface area contributed by atoms with E-state index in [9.17, 15) is 14.4 Å². The Kier molecular flexibility index (Phi) is 39.8. The number of nitrogens with zero attached hydrogens (tertiary/aromatic N) is 2. The molecule has 0 aliphatic rings. The van der Waals surface area contributed by atoms with Crippen molar-refractivity contribution in [3.8, 4) is 0 Å². The summed E-state index contributed by atoms with van der Waals surface area (Å²) in [6, 6.07) is -0.509. The maximum Gasteiger partial charge on any atom is 0.236 e. The predicted octanol–water partition coefficient (Wildman–Crippen LogP) is 8.47. The Hall–Kier alpha value is -1.71. The van der Waals surface area contributed by atoms with Gasteiger partial charge in [0.1, 0.15) is 0 Å². The van der Waals surface area contributed by atoms with Crippen molar-refractivity contribution in [1.82, 2.24) is 20.4 Å². The summed E-state index contributed by atoms with van der Waals surface area (Å²) in [5, 5.41) is 6.17. The van der Waals surface area contributed by atoms with E-state index in [-0.39, 0.29) is 25.1 Å². The van der Waals surface area contributed by atoms with Gasteiger partial charge in [0.2, 0.25) is 17.7 Å². The van der Waals surface area contributed by atoms with Crippen LogP contribution in [0.2, 0.25) is 0 Å². The minimum Gasteiger partial charge on any atom is -0.355 e. The zero-order valence-corrected chi connectivity index (χ0v) is 33.4. The Morgan fingerprint density at radius 2 is 0.922 bits per heavy atom. The quantitative estimate of drug-likeness (QED) is 0.0472. The topological polar surface area (TPSA) is 134 Å². The molecule has 3 amide bonds. The molecule has 0 aromatic rings. The molecular formula is C42H88N6O3. The predicted molar refractivity (Wildman–Crippen MR) is 220 cm³/mol. The van der Waals surface area contributed by atoms with E-state index in [0.29, 0.717) is 51.9 Å². The summed E-state index contributed by atoms with van der Waals surface area (Å²) in [4.78, 5) is 43.0. The Morgan fingerprint density at radius 1 is 0.529 bits per heavy atom. The summed E-state index contributed by atoms with van der Waals surface area (Å²) in [5.74, 6) is 0.365. The monoisotopic (exact) mass is 725 g/mol. The molecule has 0 heterocycles. The second-order valence-corrected chi connectivity index (χ2v) is 14.6. The molecule has 0 aromatic heterocycles. The van der Waals surface area contributed by atoms with Crippen LogP contribution in [0.15, 0.2) is 0 Å². The minimum absolute atomic E-state index is 0. The number of nitrogens with one attached hydrogen (secondary N) is 2. The van der Waals surface area contributed by atoms with Gasteiger partial charge in [0.25, 0.3) is 0 Å². The Morgan fingerprint density at radius 3 is 1.33 bits per heavy atom. The molecule has 51 heavy (non-hydrogen) atoms. The van der Waals surface area contributed by atoms with Gasteiger partial charge in [-0.15, -0.1) is 0 Å². The largest absolute Gasteiger partial charge is 0.355 e. The van der Waals surface area contributed by atoms with Crippen LogP contribution >= 0.6 is 0 Å². The van der Waals surface area contributed by atoms with Crippen molar-refractivity contribution in [1.29, 1.82) is 0 Å². The van der Waals surface area contributed by atoms with Gasteiger partial charge in [-0.2, -0.15) is 0 Å². The Labute approximate surface area is 316 Å². The summed E-state index contributed by atoms with van der Waals surface area (Å²) < 4.78 is 0. The van der Waals surface area contributed by atoms with Gasteiger partial charge < -0.3 is 31.9 Å². The fourth-order valence-electron chi connectivity index (χ4n) is 6.52. The molecule has 0 saturated heterocycles. The van der Waals surface area contributed by atoms with Crippen molar-refractivity contribution in [3.63, 3.8) is 0 Å². The molecule has 0 aromatic carbocycles. The molecule has 9 heteroatoms. The number of carbonyl (C=O) groups excluding carboxylic acids is 3. The molecule has 0 spiro atoms. The number of rotatable bonds is 38. The molecule has 0 rings (SSSR count). The van der Waals surface area contributed by atoms with Crippen LogP contribution in [0, 0.1) is 0 Å². The maximum atomic E-state index is 13.3. The second kappa shape index (κ2) is 39.5. The SMILES string of the molecule is C.CCCCCCCCCCCC(=O)N(CCCCN(CCCNC(=O)[C@@H](N)CCCCN)C(=O)CCCCCCCCCCC)CCCNC. The van der Waals surface area contributed by atoms with Crippen LogP contribution in [0.1, 0.15) is 195 Å². The van der Waals surface area contributed by atoms with Gasteiger partial charge >= 0.3 is 0 Å². The lowest BCUT2D eigenvalue weighted by molar-refractivity contribution is -0.133. The molecule has 1 atom stereocenters. The van der Waals surface area contributed by atoms with E-state index in [1.165, 1.54) is 89.9 Å². The van der Waals surface area contributed by atoms with Crippen molar-refractivity contribution in [2.45, 2.75) is 201 Å². The zero-order chi connectivity index (χ0) is 36.9. The van der Waals surface area contributed by atoms with Gasteiger partial charge in [-0.05, 0) is 71.5 Å². The third kappa shape index (κ3) is 32.7. The van der Waals surface area contributed by atoms with Crippen LogP contribution in [-0.2, 0) is 14.4 Å². The fraction of sp³-hybridized carbons (Fsp3) is 0.929. The van der Waals surface area contributed by atoms with Crippen LogP contribution in [-0.4, -0.2) is 86.4 Å². The zero-order valence-electron chi connectivity index (χ0n) is 33.4. The van der Waals surface area contributed by atoms with Crippen LogP contribution in [0.5, 0.6) is 0 Å². The lowest BCUT2D eigenvalue weighted by atomic mass is 10.1. The van der Waals surface area contributed by atoms with Crippen molar-refractivity contribution >= 4 is 17.7 Å². The lowest BCUT2D eigenvalue weighted by Crippen LogP contribution is -2.42. The van der Waals surface area contributed by atoms with Gasteiger partial charge in [-0.25, -0.2) is 0 Å². The van der Waals surface area contributed by atoms with Gasteiger partial charge in [-0.3, -0.25) is 14.4 Å². The standard InChI is InChI=1S/C41H84N6O3.CH4/c1-4-6-8-10-12-14-16-18-20-29-39(48)46(36-26-32-44-3)34-24-25-35-47(37-27-33-45-41(50)38(43)28-22-23-31-42)40(49)30-21-19-17-15-13-11-9-7-5-2;/h38,44H,4-37,42-43H2,1-3H3,(H,45,50);1H4/t38-;/m0./s1. The highest BCUT2D eigenvalue weighted by molar-refractivity contribution is 5.81. The summed E-state index contributed by atoms with van der Waals surface area (Å²) in [6.07, 6.45) is 29.4. The summed E-state index contributed by atoms with van der Waals surface area (Å²) in [6.45, 7) is 9.38. The summed E-state index contributed by atoms with van der Waals surface area (Å²) >= 11 is 0. The van der Waals surface area contributed by atoms with E-state index in [4.69, 9.17) is 11.5 Å². The van der Waals surface area contributed by atoms with Crippen molar-refractivity contribution in [2.75, 3.05) is 52.9 Å². The first-order valence-electron chi connectivity index (χ1n) is 21.3. The second-order valence-electron chi connectivity index (χ2n) is 14.6. The highest BCUT2D eigenvalue weighted by Gasteiger charge is 2.17. The third-order valence-electron chi connectivity index (χ3n) is 9.86. The van der Waals surface area contributed by atoms with E-state index in [1.807, 2.05) is 11.9 Å². The number of hydrogen-bond acceptors (Lipinski definition) is 6. The molecule has 6 N–H and O–H groups in total. The summed E-state index contributed by atoms with van der Waals surface area (Å²) in [5.41, 5.74) is 11.6. The summed E-state index contributed by atoms with van der Waals surface area (Å²) in [7, 11) is 1.96. The first kappa shape index (κ1) is 51.4. The molecule has 0 saturated carbocycles. The van der Waals surface area contributed by atoms with Gasteiger partial charge in [-0.1, -0.05) is 130 Å².